The molecule has 1 aliphatic rings. The zero-order valence-electron chi connectivity index (χ0n) is 24.1. The Bertz CT molecular complexity index is 2110. The highest BCUT2D eigenvalue weighted by molar-refractivity contribution is 6.08. The number of aromatic amines is 1. The Morgan fingerprint density at radius 2 is 1.19 bits per heavy atom. The molecule has 0 aliphatic heterocycles. The van der Waals surface area contributed by atoms with Crippen molar-refractivity contribution >= 4 is 38.9 Å². The van der Waals surface area contributed by atoms with E-state index in [0.29, 0.717) is 0 Å². The van der Waals surface area contributed by atoms with Crippen LogP contribution < -0.4 is 4.90 Å². The number of H-pyrrole nitrogens is 1. The topological polar surface area (TPSA) is 19.0 Å². The maximum absolute atomic E-state index is 3.60. The van der Waals surface area contributed by atoms with E-state index in [2.05, 4.69) is 164 Å². The van der Waals surface area contributed by atoms with Crippen LogP contribution >= 0.6 is 0 Å². The highest BCUT2D eigenvalue weighted by Gasteiger charge is 2.37. The number of benzene rings is 6. The zero-order valence-corrected chi connectivity index (χ0v) is 24.1. The fraction of sp³-hybridized carbons (Fsp3) is 0.100. The first-order valence-corrected chi connectivity index (χ1v) is 14.7. The zero-order chi connectivity index (χ0) is 28.4. The van der Waals surface area contributed by atoms with Crippen LogP contribution in [0, 0.1) is 6.92 Å². The summed E-state index contributed by atoms with van der Waals surface area (Å²) in [5.74, 6) is 0. The number of rotatable bonds is 4. The summed E-state index contributed by atoms with van der Waals surface area (Å²) in [6.07, 6.45) is 0. The first-order valence-electron chi connectivity index (χ1n) is 14.7. The molecule has 1 aromatic heterocycles. The predicted octanol–water partition coefficient (Wildman–Crippen LogP) is 11.1. The van der Waals surface area contributed by atoms with Gasteiger partial charge in [0.2, 0.25) is 0 Å². The summed E-state index contributed by atoms with van der Waals surface area (Å²) in [6, 6.07) is 48.8. The molecule has 0 saturated heterocycles. The molecule has 0 unspecified atom stereocenters. The standard InChI is InChI=1S/C40H32N2/c1-26-15-20-29(21-16-26)42(38-14-8-12-35-39(38)33-10-4-6-11-34(33)40(35,2)3)30-22-17-27(18-23-30)28-19-24-32-31-9-5-7-13-36(31)41-37(32)25-28/h4-25,41H,1-3H3. The van der Waals surface area contributed by atoms with Crippen LogP contribution in [-0.2, 0) is 5.41 Å². The number of fused-ring (bicyclic) bond motifs is 6. The number of aromatic nitrogens is 1. The smallest absolute Gasteiger partial charge is 0.0543 e. The van der Waals surface area contributed by atoms with Crippen molar-refractivity contribution in [1.82, 2.24) is 4.98 Å². The molecule has 1 aliphatic carbocycles. The van der Waals surface area contributed by atoms with Gasteiger partial charge in [0.05, 0.1) is 5.69 Å². The second-order valence-electron chi connectivity index (χ2n) is 12.0. The molecular weight excluding hydrogens is 508 g/mol. The summed E-state index contributed by atoms with van der Waals surface area (Å²) in [5, 5.41) is 2.53. The largest absolute Gasteiger partial charge is 0.354 e. The lowest BCUT2D eigenvalue weighted by atomic mass is 9.82. The van der Waals surface area contributed by atoms with Crippen LogP contribution in [-0.4, -0.2) is 4.98 Å². The van der Waals surface area contributed by atoms with Gasteiger partial charge < -0.3 is 9.88 Å². The van der Waals surface area contributed by atoms with Crippen LogP contribution in [0.3, 0.4) is 0 Å². The molecule has 6 aromatic carbocycles. The maximum atomic E-state index is 3.60. The molecule has 1 heterocycles. The van der Waals surface area contributed by atoms with Gasteiger partial charge in [0.25, 0.3) is 0 Å². The monoisotopic (exact) mass is 540 g/mol. The lowest BCUT2D eigenvalue weighted by Gasteiger charge is -2.29. The van der Waals surface area contributed by atoms with Gasteiger partial charge in [-0.3, -0.25) is 0 Å². The van der Waals surface area contributed by atoms with Gasteiger partial charge in [-0.2, -0.15) is 0 Å². The van der Waals surface area contributed by atoms with Crippen LogP contribution in [0.5, 0.6) is 0 Å². The number of hydrogen-bond donors (Lipinski definition) is 1. The van der Waals surface area contributed by atoms with Crippen LogP contribution in [0.2, 0.25) is 0 Å². The molecule has 0 bridgehead atoms. The van der Waals surface area contributed by atoms with Crippen molar-refractivity contribution in [3.05, 3.63) is 150 Å². The molecule has 2 nitrogen and oxygen atoms in total. The van der Waals surface area contributed by atoms with Crippen molar-refractivity contribution in [2.75, 3.05) is 4.90 Å². The molecule has 0 atom stereocenters. The lowest BCUT2D eigenvalue weighted by Crippen LogP contribution is -2.16. The van der Waals surface area contributed by atoms with Crippen molar-refractivity contribution < 1.29 is 0 Å². The molecule has 7 aromatic rings. The van der Waals surface area contributed by atoms with Crippen LogP contribution in [0.1, 0.15) is 30.5 Å². The molecule has 0 amide bonds. The quantitative estimate of drug-likeness (QED) is 0.235. The second kappa shape index (κ2) is 9.22. The SMILES string of the molecule is Cc1ccc(N(c2ccc(-c3ccc4c(c3)[nH]c3ccccc34)cc2)c2cccc3c2-c2ccccc2C3(C)C)cc1. The maximum Gasteiger partial charge on any atom is 0.0543 e. The first kappa shape index (κ1) is 24.7. The molecule has 0 saturated carbocycles. The fourth-order valence-corrected chi connectivity index (χ4v) is 6.88. The minimum atomic E-state index is -0.0496. The summed E-state index contributed by atoms with van der Waals surface area (Å²) in [4.78, 5) is 6.01. The molecule has 1 N–H and O–H groups in total. The Morgan fingerprint density at radius 3 is 2.00 bits per heavy atom. The van der Waals surface area contributed by atoms with E-state index in [1.807, 2.05) is 0 Å². The molecular formula is C40H32N2. The van der Waals surface area contributed by atoms with Crippen molar-refractivity contribution in [3.8, 4) is 22.3 Å². The summed E-state index contributed by atoms with van der Waals surface area (Å²) in [5.41, 5.74) is 14.9. The van der Waals surface area contributed by atoms with E-state index in [0.717, 1.165) is 11.4 Å². The number of nitrogens with zero attached hydrogens (tertiary/aromatic N) is 1. The van der Waals surface area contributed by atoms with E-state index >= 15 is 0 Å². The van der Waals surface area contributed by atoms with E-state index in [-0.39, 0.29) is 5.41 Å². The Kier molecular flexibility index (Phi) is 5.42. The molecule has 202 valence electrons. The summed E-state index contributed by atoms with van der Waals surface area (Å²) in [6.45, 7) is 6.83. The van der Waals surface area contributed by atoms with Gasteiger partial charge in [-0.25, -0.2) is 0 Å². The summed E-state index contributed by atoms with van der Waals surface area (Å²) in [7, 11) is 0. The van der Waals surface area contributed by atoms with Crippen molar-refractivity contribution in [3.63, 3.8) is 0 Å². The number of para-hydroxylation sites is 1. The highest BCUT2D eigenvalue weighted by Crippen LogP contribution is 2.54. The van der Waals surface area contributed by atoms with E-state index in [4.69, 9.17) is 0 Å². The molecule has 0 radical (unpaired) electrons. The Labute approximate surface area is 246 Å². The van der Waals surface area contributed by atoms with Crippen LogP contribution in [0.15, 0.2) is 133 Å². The third kappa shape index (κ3) is 3.72. The molecule has 8 rings (SSSR count). The predicted molar refractivity (Wildman–Crippen MR) is 178 cm³/mol. The number of hydrogen-bond acceptors (Lipinski definition) is 1. The first-order chi connectivity index (χ1) is 20.5. The van der Waals surface area contributed by atoms with Crippen molar-refractivity contribution in [2.45, 2.75) is 26.2 Å². The number of aryl methyl sites for hydroxylation is 1. The van der Waals surface area contributed by atoms with Gasteiger partial charge in [0, 0.05) is 44.2 Å². The Balaban J connectivity index is 1.26. The minimum absolute atomic E-state index is 0.0496. The minimum Gasteiger partial charge on any atom is -0.354 e. The molecule has 0 spiro atoms. The summed E-state index contributed by atoms with van der Waals surface area (Å²) >= 11 is 0. The van der Waals surface area contributed by atoms with Crippen molar-refractivity contribution in [1.29, 1.82) is 0 Å². The normalized spacial score (nSPS) is 13.3. The molecule has 42 heavy (non-hydrogen) atoms. The molecule has 2 heteroatoms. The average molecular weight is 541 g/mol. The van der Waals surface area contributed by atoms with Gasteiger partial charge in [-0.05, 0) is 77.2 Å². The second-order valence-corrected chi connectivity index (χ2v) is 12.0. The van der Waals surface area contributed by atoms with Gasteiger partial charge in [-0.15, -0.1) is 0 Å². The third-order valence-corrected chi connectivity index (χ3v) is 9.08. The van der Waals surface area contributed by atoms with E-state index < -0.39 is 0 Å². The highest BCUT2D eigenvalue weighted by atomic mass is 15.1. The Hall–Kier alpha value is -5.08. The number of anilines is 3. The molecule has 0 fully saturated rings. The Morgan fingerprint density at radius 1 is 0.548 bits per heavy atom. The van der Waals surface area contributed by atoms with Gasteiger partial charge >= 0.3 is 0 Å². The fourth-order valence-electron chi connectivity index (χ4n) is 6.88. The van der Waals surface area contributed by atoms with Crippen LogP contribution in [0.4, 0.5) is 17.1 Å². The van der Waals surface area contributed by atoms with Gasteiger partial charge in [-0.1, -0.05) is 110 Å². The van der Waals surface area contributed by atoms with E-state index in [9.17, 15) is 0 Å². The van der Waals surface area contributed by atoms with E-state index in [1.54, 1.807) is 0 Å². The van der Waals surface area contributed by atoms with Crippen LogP contribution in [0.25, 0.3) is 44.1 Å². The van der Waals surface area contributed by atoms with Gasteiger partial charge in [0.1, 0.15) is 0 Å². The van der Waals surface area contributed by atoms with E-state index in [1.165, 1.54) is 66.4 Å². The summed E-state index contributed by atoms with van der Waals surface area (Å²) < 4.78 is 0. The van der Waals surface area contributed by atoms with Crippen molar-refractivity contribution in [2.24, 2.45) is 0 Å². The number of nitrogens with one attached hydrogen (secondary N) is 1. The average Bonchev–Trinajstić information content (AvgIpc) is 3.51. The lowest BCUT2D eigenvalue weighted by molar-refractivity contribution is 0.660. The third-order valence-electron chi connectivity index (χ3n) is 9.08. The van der Waals surface area contributed by atoms with Gasteiger partial charge in [0.15, 0.2) is 0 Å².